The first-order chi connectivity index (χ1) is 9.17. The average Bonchev–Trinajstić information content (AvgIpc) is 2.80. The molecule has 0 fully saturated rings. The molecular formula is C12H22N4O3. The highest BCUT2D eigenvalue weighted by molar-refractivity contribution is 5.67. The Morgan fingerprint density at radius 1 is 1.42 bits per heavy atom. The number of carboxylic acid groups (broad SMARTS) is 1. The number of hydrogen-bond acceptors (Lipinski definition) is 5. The molecule has 0 aliphatic rings. The summed E-state index contributed by atoms with van der Waals surface area (Å²) >= 11 is 0. The van der Waals surface area contributed by atoms with E-state index in [2.05, 4.69) is 22.4 Å². The van der Waals surface area contributed by atoms with Crippen LogP contribution in [0.15, 0.2) is 0 Å². The van der Waals surface area contributed by atoms with Crippen LogP contribution in [0.1, 0.15) is 44.9 Å². The summed E-state index contributed by atoms with van der Waals surface area (Å²) in [4.78, 5) is 10.7. The number of ether oxygens (including phenoxy) is 1. The van der Waals surface area contributed by atoms with Gasteiger partial charge in [-0.15, -0.1) is 5.10 Å². The van der Waals surface area contributed by atoms with Gasteiger partial charge in [0.1, 0.15) is 0 Å². The van der Waals surface area contributed by atoms with E-state index in [4.69, 9.17) is 9.84 Å². The lowest BCUT2D eigenvalue weighted by Gasteiger charge is -2.13. The van der Waals surface area contributed by atoms with Crippen molar-refractivity contribution in [3.8, 4) is 0 Å². The maximum atomic E-state index is 10.7. The second kappa shape index (κ2) is 8.58. The van der Waals surface area contributed by atoms with Gasteiger partial charge in [-0.05, 0) is 16.8 Å². The van der Waals surface area contributed by atoms with Crippen LogP contribution >= 0.6 is 0 Å². The second-order valence-corrected chi connectivity index (χ2v) is 4.54. The van der Waals surface area contributed by atoms with Crippen LogP contribution in [0.5, 0.6) is 0 Å². The highest BCUT2D eigenvalue weighted by Crippen LogP contribution is 2.07. The SMILES string of the molecule is CCCCCCc1nnnn1CC(CC(=O)O)OC. The quantitative estimate of drug-likeness (QED) is 0.644. The molecule has 1 heterocycles. The van der Waals surface area contributed by atoms with Gasteiger partial charge in [-0.1, -0.05) is 26.2 Å². The molecule has 0 aliphatic heterocycles. The van der Waals surface area contributed by atoms with E-state index in [9.17, 15) is 4.79 Å². The van der Waals surface area contributed by atoms with Gasteiger partial charge >= 0.3 is 5.97 Å². The van der Waals surface area contributed by atoms with Crippen molar-refractivity contribution in [1.82, 2.24) is 20.2 Å². The summed E-state index contributed by atoms with van der Waals surface area (Å²) in [5.41, 5.74) is 0. The smallest absolute Gasteiger partial charge is 0.306 e. The Bertz CT molecular complexity index is 381. The molecule has 0 bridgehead atoms. The summed E-state index contributed by atoms with van der Waals surface area (Å²) in [6.07, 6.45) is 4.96. The maximum absolute atomic E-state index is 10.7. The Morgan fingerprint density at radius 2 is 2.21 bits per heavy atom. The molecule has 0 spiro atoms. The van der Waals surface area contributed by atoms with Crippen molar-refractivity contribution in [3.05, 3.63) is 5.82 Å². The van der Waals surface area contributed by atoms with Crippen LogP contribution in [0.25, 0.3) is 0 Å². The molecule has 1 atom stereocenters. The number of methoxy groups -OCH3 is 1. The second-order valence-electron chi connectivity index (χ2n) is 4.54. The molecule has 0 amide bonds. The zero-order valence-corrected chi connectivity index (χ0v) is 11.6. The summed E-state index contributed by atoms with van der Waals surface area (Å²) in [5.74, 6) is -0.0898. The molecule has 1 unspecified atom stereocenters. The highest BCUT2D eigenvalue weighted by Gasteiger charge is 2.16. The molecular weight excluding hydrogens is 248 g/mol. The summed E-state index contributed by atoms with van der Waals surface area (Å²) < 4.78 is 6.78. The highest BCUT2D eigenvalue weighted by atomic mass is 16.5. The van der Waals surface area contributed by atoms with Crippen LogP contribution in [0.4, 0.5) is 0 Å². The minimum Gasteiger partial charge on any atom is -0.481 e. The van der Waals surface area contributed by atoms with Gasteiger partial charge in [0.25, 0.3) is 0 Å². The third kappa shape index (κ3) is 5.78. The summed E-state index contributed by atoms with van der Waals surface area (Å²) in [7, 11) is 1.50. The van der Waals surface area contributed by atoms with Crippen LogP contribution in [0, 0.1) is 0 Å². The first-order valence-corrected chi connectivity index (χ1v) is 6.67. The van der Waals surface area contributed by atoms with Crippen molar-refractivity contribution in [2.24, 2.45) is 0 Å². The fraction of sp³-hybridized carbons (Fsp3) is 0.833. The first-order valence-electron chi connectivity index (χ1n) is 6.67. The molecule has 0 radical (unpaired) electrons. The van der Waals surface area contributed by atoms with Gasteiger partial charge in [-0.2, -0.15) is 0 Å². The number of tetrazole rings is 1. The fourth-order valence-corrected chi connectivity index (χ4v) is 1.86. The molecule has 1 aromatic heterocycles. The molecule has 0 aromatic carbocycles. The first kappa shape index (κ1) is 15.6. The van der Waals surface area contributed by atoms with E-state index in [1.54, 1.807) is 4.68 Å². The minimum absolute atomic E-state index is 0.0500. The van der Waals surface area contributed by atoms with E-state index in [-0.39, 0.29) is 6.42 Å². The Balaban J connectivity index is 2.48. The van der Waals surface area contributed by atoms with E-state index < -0.39 is 12.1 Å². The molecule has 19 heavy (non-hydrogen) atoms. The fourth-order valence-electron chi connectivity index (χ4n) is 1.86. The molecule has 0 aliphatic carbocycles. The van der Waals surface area contributed by atoms with Crippen LogP contribution in [-0.4, -0.2) is 44.5 Å². The molecule has 7 nitrogen and oxygen atoms in total. The van der Waals surface area contributed by atoms with Crippen molar-refractivity contribution in [3.63, 3.8) is 0 Å². The molecule has 1 aromatic rings. The monoisotopic (exact) mass is 270 g/mol. The maximum Gasteiger partial charge on any atom is 0.306 e. The Labute approximate surface area is 112 Å². The van der Waals surface area contributed by atoms with Gasteiger partial charge in [-0.25, -0.2) is 4.68 Å². The van der Waals surface area contributed by atoms with E-state index in [1.807, 2.05) is 0 Å². The topological polar surface area (TPSA) is 90.1 Å². The number of rotatable bonds is 10. The number of unbranched alkanes of at least 4 members (excludes halogenated alkanes) is 3. The lowest BCUT2D eigenvalue weighted by molar-refractivity contribution is -0.140. The van der Waals surface area contributed by atoms with Gasteiger partial charge in [0.05, 0.1) is 19.1 Å². The van der Waals surface area contributed by atoms with Gasteiger partial charge in [0.2, 0.25) is 0 Å². The molecule has 0 saturated carbocycles. The zero-order valence-electron chi connectivity index (χ0n) is 11.6. The number of carbonyl (C=O) groups is 1. The summed E-state index contributed by atoms with van der Waals surface area (Å²) in [6, 6.07) is 0. The van der Waals surface area contributed by atoms with E-state index in [0.29, 0.717) is 6.54 Å². The molecule has 108 valence electrons. The number of aliphatic carboxylic acids is 1. The van der Waals surface area contributed by atoms with Gasteiger partial charge in [0, 0.05) is 13.5 Å². The van der Waals surface area contributed by atoms with Gasteiger partial charge in [0.15, 0.2) is 5.82 Å². The number of hydrogen-bond donors (Lipinski definition) is 1. The Hall–Kier alpha value is -1.50. The Kier molecular flexibility index (Phi) is 7.02. The number of aromatic nitrogens is 4. The molecule has 0 saturated heterocycles. The lowest BCUT2D eigenvalue weighted by atomic mass is 10.1. The van der Waals surface area contributed by atoms with Crippen LogP contribution < -0.4 is 0 Å². The predicted molar refractivity (Wildman–Crippen MR) is 68.7 cm³/mol. The van der Waals surface area contributed by atoms with Crippen molar-refractivity contribution < 1.29 is 14.6 Å². The molecule has 1 N–H and O–H groups in total. The van der Waals surface area contributed by atoms with Crippen LogP contribution in [0.3, 0.4) is 0 Å². The summed E-state index contributed by atoms with van der Waals surface area (Å²) in [6.45, 7) is 2.54. The number of aryl methyl sites for hydroxylation is 1. The Morgan fingerprint density at radius 3 is 2.84 bits per heavy atom. The van der Waals surface area contributed by atoms with E-state index in [0.717, 1.165) is 25.1 Å². The van der Waals surface area contributed by atoms with Crippen molar-refractivity contribution >= 4 is 5.97 Å². The summed E-state index contributed by atoms with van der Waals surface area (Å²) in [5, 5.41) is 20.3. The van der Waals surface area contributed by atoms with E-state index in [1.165, 1.54) is 20.0 Å². The number of carboxylic acids is 1. The zero-order chi connectivity index (χ0) is 14.1. The minimum atomic E-state index is -0.885. The number of nitrogens with zero attached hydrogens (tertiary/aromatic N) is 4. The van der Waals surface area contributed by atoms with Gasteiger partial charge < -0.3 is 9.84 Å². The van der Waals surface area contributed by atoms with E-state index >= 15 is 0 Å². The molecule has 7 heteroatoms. The van der Waals surface area contributed by atoms with Gasteiger partial charge in [-0.3, -0.25) is 4.79 Å². The largest absolute Gasteiger partial charge is 0.481 e. The third-order valence-corrected chi connectivity index (χ3v) is 2.97. The lowest BCUT2D eigenvalue weighted by Crippen LogP contribution is -2.24. The standard InChI is InChI=1S/C12H22N4O3/c1-3-4-5-6-7-11-13-14-15-16(11)9-10(19-2)8-12(17)18/h10H,3-9H2,1-2H3,(H,17,18). The van der Waals surface area contributed by atoms with Crippen LogP contribution in [0.2, 0.25) is 0 Å². The van der Waals surface area contributed by atoms with Crippen molar-refractivity contribution in [2.75, 3.05) is 7.11 Å². The van der Waals surface area contributed by atoms with Crippen molar-refractivity contribution in [2.45, 2.75) is 58.1 Å². The normalized spacial score (nSPS) is 12.5. The van der Waals surface area contributed by atoms with Crippen LogP contribution in [-0.2, 0) is 22.5 Å². The van der Waals surface area contributed by atoms with Crippen molar-refractivity contribution in [1.29, 1.82) is 0 Å². The predicted octanol–water partition coefficient (Wildman–Crippen LogP) is 1.29. The third-order valence-electron chi connectivity index (χ3n) is 2.97. The molecule has 1 rings (SSSR count). The average molecular weight is 270 g/mol.